The molecule has 5 nitrogen and oxygen atoms in total. The first-order valence-electron chi connectivity index (χ1n) is 7.39. The van der Waals surface area contributed by atoms with Crippen molar-refractivity contribution in [1.82, 2.24) is 5.32 Å². The minimum absolute atomic E-state index is 0.117. The quantitative estimate of drug-likeness (QED) is 0.895. The zero-order chi connectivity index (χ0) is 14.8. The predicted octanol–water partition coefficient (Wildman–Crippen LogP) is 1.57. The number of nitrogens with one attached hydrogen (secondary N) is 1. The standard InChI is InChI=1S/C16H20N2O3/c1-21-14-6-4-13(5-7-14)18-10-11(8-15(18)19)9-17-16(20)12-2-3-12/h4-7,11-12H,2-3,8-10H2,1H3,(H,17,20)/t11-/m0/s1. The second-order valence-electron chi connectivity index (χ2n) is 5.79. The van der Waals surface area contributed by atoms with Crippen LogP contribution in [-0.2, 0) is 9.59 Å². The summed E-state index contributed by atoms with van der Waals surface area (Å²) in [4.78, 5) is 25.5. The Morgan fingerprint density at radius 3 is 2.67 bits per heavy atom. The van der Waals surface area contributed by atoms with Crippen LogP contribution >= 0.6 is 0 Å². The number of anilines is 1. The van der Waals surface area contributed by atoms with Crippen LogP contribution < -0.4 is 15.0 Å². The highest BCUT2D eigenvalue weighted by Gasteiger charge is 2.33. The molecule has 0 unspecified atom stereocenters. The Bertz CT molecular complexity index is 537. The van der Waals surface area contributed by atoms with Gasteiger partial charge >= 0.3 is 0 Å². The van der Waals surface area contributed by atoms with Gasteiger partial charge in [-0.25, -0.2) is 0 Å². The lowest BCUT2D eigenvalue weighted by Crippen LogP contribution is -2.32. The van der Waals surface area contributed by atoms with Gasteiger partial charge in [-0.05, 0) is 37.1 Å². The number of methoxy groups -OCH3 is 1. The number of rotatable bonds is 5. The van der Waals surface area contributed by atoms with Crippen molar-refractivity contribution in [3.05, 3.63) is 24.3 Å². The van der Waals surface area contributed by atoms with Gasteiger partial charge in [0.15, 0.2) is 0 Å². The molecular weight excluding hydrogens is 268 g/mol. The zero-order valence-corrected chi connectivity index (χ0v) is 12.2. The Morgan fingerprint density at radius 2 is 2.05 bits per heavy atom. The summed E-state index contributed by atoms with van der Waals surface area (Å²) in [7, 11) is 1.62. The Labute approximate surface area is 124 Å². The monoisotopic (exact) mass is 288 g/mol. The number of benzene rings is 1. The molecule has 2 aliphatic rings. The van der Waals surface area contributed by atoms with Crippen LogP contribution in [0.1, 0.15) is 19.3 Å². The smallest absolute Gasteiger partial charge is 0.227 e. The second-order valence-corrected chi connectivity index (χ2v) is 5.79. The first-order chi connectivity index (χ1) is 10.2. The van der Waals surface area contributed by atoms with Crippen LogP contribution in [0.3, 0.4) is 0 Å². The van der Waals surface area contributed by atoms with Crippen LogP contribution in [0, 0.1) is 11.8 Å². The molecule has 3 rings (SSSR count). The molecule has 2 fully saturated rings. The molecule has 1 saturated heterocycles. The second kappa shape index (κ2) is 5.76. The van der Waals surface area contributed by atoms with Crippen molar-refractivity contribution in [2.24, 2.45) is 11.8 Å². The average molecular weight is 288 g/mol. The molecule has 0 bridgehead atoms. The number of hydrogen-bond acceptors (Lipinski definition) is 3. The van der Waals surface area contributed by atoms with Crippen molar-refractivity contribution in [2.75, 3.05) is 25.1 Å². The van der Waals surface area contributed by atoms with Gasteiger partial charge in [0.1, 0.15) is 5.75 Å². The van der Waals surface area contributed by atoms with E-state index in [1.54, 1.807) is 12.0 Å². The minimum atomic E-state index is 0.117. The van der Waals surface area contributed by atoms with Crippen molar-refractivity contribution < 1.29 is 14.3 Å². The number of ether oxygens (including phenoxy) is 1. The van der Waals surface area contributed by atoms with Gasteiger partial charge in [0.25, 0.3) is 0 Å². The third-order valence-corrected chi connectivity index (χ3v) is 4.10. The largest absolute Gasteiger partial charge is 0.497 e. The number of carbonyl (C=O) groups is 2. The first kappa shape index (κ1) is 13.9. The molecule has 1 aliphatic heterocycles. The molecule has 0 aromatic heterocycles. The summed E-state index contributed by atoms with van der Waals surface area (Å²) < 4.78 is 5.12. The topological polar surface area (TPSA) is 58.6 Å². The molecule has 0 spiro atoms. The van der Waals surface area contributed by atoms with Crippen LogP contribution in [0.25, 0.3) is 0 Å². The van der Waals surface area contributed by atoms with E-state index in [9.17, 15) is 9.59 Å². The number of amides is 2. The fraction of sp³-hybridized carbons (Fsp3) is 0.500. The molecule has 2 amide bonds. The Hall–Kier alpha value is -2.04. The lowest BCUT2D eigenvalue weighted by molar-refractivity contribution is -0.122. The lowest BCUT2D eigenvalue weighted by Gasteiger charge is -2.17. The van der Waals surface area contributed by atoms with Crippen molar-refractivity contribution in [3.8, 4) is 5.75 Å². The van der Waals surface area contributed by atoms with E-state index < -0.39 is 0 Å². The van der Waals surface area contributed by atoms with E-state index in [-0.39, 0.29) is 23.7 Å². The molecule has 1 heterocycles. The molecule has 5 heteroatoms. The normalized spacial score (nSPS) is 21.5. The van der Waals surface area contributed by atoms with E-state index in [0.717, 1.165) is 24.3 Å². The highest BCUT2D eigenvalue weighted by atomic mass is 16.5. The van der Waals surface area contributed by atoms with E-state index in [4.69, 9.17) is 4.74 Å². The van der Waals surface area contributed by atoms with Gasteiger partial charge in [0.2, 0.25) is 11.8 Å². The third kappa shape index (κ3) is 3.17. The molecule has 1 saturated carbocycles. The van der Waals surface area contributed by atoms with Gasteiger partial charge < -0.3 is 15.0 Å². The maximum atomic E-state index is 12.1. The SMILES string of the molecule is COc1ccc(N2C[C@H](CNC(=O)C3CC3)CC2=O)cc1. The molecule has 1 N–H and O–H groups in total. The maximum absolute atomic E-state index is 12.1. The number of nitrogens with zero attached hydrogens (tertiary/aromatic N) is 1. The summed E-state index contributed by atoms with van der Waals surface area (Å²) >= 11 is 0. The van der Waals surface area contributed by atoms with E-state index in [1.165, 1.54) is 0 Å². The highest BCUT2D eigenvalue weighted by molar-refractivity contribution is 5.95. The van der Waals surface area contributed by atoms with Gasteiger partial charge in [0, 0.05) is 37.0 Å². The molecule has 0 radical (unpaired) electrons. The zero-order valence-electron chi connectivity index (χ0n) is 12.2. The highest BCUT2D eigenvalue weighted by Crippen LogP contribution is 2.29. The summed E-state index contributed by atoms with van der Waals surface area (Å²) in [6.45, 7) is 1.25. The number of hydrogen-bond donors (Lipinski definition) is 1. The number of carbonyl (C=O) groups excluding carboxylic acids is 2. The van der Waals surface area contributed by atoms with E-state index >= 15 is 0 Å². The molecule has 1 aromatic rings. The van der Waals surface area contributed by atoms with Crippen molar-refractivity contribution in [2.45, 2.75) is 19.3 Å². The van der Waals surface area contributed by atoms with Crippen LogP contribution in [-0.4, -0.2) is 32.0 Å². The fourth-order valence-corrected chi connectivity index (χ4v) is 2.66. The average Bonchev–Trinajstić information content (AvgIpc) is 3.29. The maximum Gasteiger partial charge on any atom is 0.227 e. The van der Waals surface area contributed by atoms with Gasteiger partial charge in [0.05, 0.1) is 7.11 Å². The fourth-order valence-electron chi connectivity index (χ4n) is 2.66. The third-order valence-electron chi connectivity index (χ3n) is 4.10. The molecule has 21 heavy (non-hydrogen) atoms. The molecular formula is C16H20N2O3. The summed E-state index contributed by atoms with van der Waals surface area (Å²) in [5, 5.41) is 2.96. The van der Waals surface area contributed by atoms with Gasteiger partial charge in [-0.3, -0.25) is 9.59 Å². The van der Waals surface area contributed by atoms with Gasteiger partial charge in [-0.1, -0.05) is 0 Å². The van der Waals surface area contributed by atoms with Crippen LogP contribution in [0.15, 0.2) is 24.3 Å². The van der Waals surface area contributed by atoms with Crippen molar-refractivity contribution >= 4 is 17.5 Å². The Morgan fingerprint density at radius 1 is 1.33 bits per heavy atom. The molecule has 1 aromatic carbocycles. The van der Waals surface area contributed by atoms with E-state index in [0.29, 0.717) is 19.5 Å². The van der Waals surface area contributed by atoms with Crippen molar-refractivity contribution in [1.29, 1.82) is 0 Å². The first-order valence-corrected chi connectivity index (χ1v) is 7.39. The Kier molecular flexibility index (Phi) is 3.82. The summed E-state index contributed by atoms with van der Waals surface area (Å²) in [6, 6.07) is 7.49. The van der Waals surface area contributed by atoms with E-state index in [1.807, 2.05) is 24.3 Å². The summed E-state index contributed by atoms with van der Waals surface area (Å²) in [5.74, 6) is 1.46. The molecule has 1 atom stereocenters. The van der Waals surface area contributed by atoms with Crippen molar-refractivity contribution in [3.63, 3.8) is 0 Å². The summed E-state index contributed by atoms with van der Waals surface area (Å²) in [5.41, 5.74) is 0.886. The minimum Gasteiger partial charge on any atom is -0.497 e. The predicted molar refractivity (Wildman–Crippen MR) is 79.2 cm³/mol. The molecule has 1 aliphatic carbocycles. The molecule has 112 valence electrons. The van der Waals surface area contributed by atoms with Gasteiger partial charge in [-0.15, -0.1) is 0 Å². The summed E-state index contributed by atoms with van der Waals surface area (Å²) in [6.07, 6.45) is 2.51. The van der Waals surface area contributed by atoms with Crippen LogP contribution in [0.2, 0.25) is 0 Å². The lowest BCUT2D eigenvalue weighted by atomic mass is 10.1. The Balaban J connectivity index is 1.57. The van der Waals surface area contributed by atoms with Crippen LogP contribution in [0.4, 0.5) is 5.69 Å². The van der Waals surface area contributed by atoms with Gasteiger partial charge in [-0.2, -0.15) is 0 Å². The van der Waals surface area contributed by atoms with E-state index in [2.05, 4.69) is 5.32 Å². The van der Waals surface area contributed by atoms with Crippen LogP contribution in [0.5, 0.6) is 5.75 Å².